The maximum absolute atomic E-state index is 13.4. The zero-order valence-corrected chi connectivity index (χ0v) is 27.3. The molecular formula is C35H54N2O8. The summed E-state index contributed by atoms with van der Waals surface area (Å²) < 4.78 is 5.84. The Hall–Kier alpha value is -1.66. The van der Waals surface area contributed by atoms with Gasteiger partial charge >= 0.3 is 5.97 Å². The maximum atomic E-state index is 13.4. The lowest BCUT2D eigenvalue weighted by molar-refractivity contribution is -0.336. The molecule has 0 aromatic heterocycles. The molecule has 0 spiro atoms. The highest BCUT2D eigenvalue weighted by atomic mass is 16.5. The van der Waals surface area contributed by atoms with Crippen LogP contribution < -0.4 is 10.6 Å². The number of likely N-dealkylation sites (N-methyl/N-ethyl adjacent to an activating group) is 1. The molecule has 252 valence electrons. The molecule has 7 N–H and O–H groups in total. The van der Waals surface area contributed by atoms with Gasteiger partial charge in [0, 0.05) is 48.9 Å². The minimum absolute atomic E-state index is 0.0701. The monoisotopic (exact) mass is 630 g/mol. The second kappa shape index (κ2) is 11.2. The maximum Gasteiger partial charge on any atom is 0.331 e. The lowest BCUT2D eigenvalue weighted by Crippen LogP contribution is -2.79. The van der Waals surface area contributed by atoms with Crippen molar-refractivity contribution in [2.75, 3.05) is 33.3 Å². The van der Waals surface area contributed by atoms with Crippen molar-refractivity contribution in [2.24, 2.45) is 39.9 Å². The van der Waals surface area contributed by atoms with Crippen LogP contribution in [0.4, 0.5) is 0 Å². The van der Waals surface area contributed by atoms with Gasteiger partial charge in [-0.25, -0.2) is 4.79 Å². The van der Waals surface area contributed by atoms with E-state index in [0.29, 0.717) is 50.3 Å². The molecular weight excluding hydrogens is 576 g/mol. The second-order valence-corrected chi connectivity index (χ2v) is 15.9. The highest BCUT2D eigenvalue weighted by Gasteiger charge is 2.83. The van der Waals surface area contributed by atoms with Gasteiger partial charge in [0.15, 0.2) is 0 Å². The Morgan fingerprint density at radius 3 is 2.51 bits per heavy atom. The first kappa shape index (κ1) is 33.2. The Kier molecular flexibility index (Phi) is 8.28. The lowest BCUT2D eigenvalue weighted by atomic mass is 9.36. The van der Waals surface area contributed by atoms with Gasteiger partial charge in [-0.3, -0.25) is 0 Å². The third kappa shape index (κ3) is 4.18. The summed E-state index contributed by atoms with van der Waals surface area (Å²) >= 11 is 0. The number of carbonyl (C=O) groups excluding carboxylic acids is 2. The largest absolute Gasteiger partial charge is 0.450 e. The normalized spacial score (nSPS) is 48.4. The smallest absolute Gasteiger partial charge is 0.331 e. The first-order valence-electron chi connectivity index (χ1n) is 17.1. The predicted octanol–water partition coefficient (Wildman–Crippen LogP) is 1.38. The van der Waals surface area contributed by atoms with Crippen LogP contribution in [0.15, 0.2) is 23.3 Å². The Balaban J connectivity index is 1.48. The van der Waals surface area contributed by atoms with Crippen molar-refractivity contribution in [3.63, 3.8) is 0 Å². The van der Waals surface area contributed by atoms with E-state index < -0.39 is 69.0 Å². The highest BCUT2D eigenvalue weighted by molar-refractivity contribution is 5.87. The first-order chi connectivity index (χ1) is 21.2. The molecule has 10 heteroatoms. The summed E-state index contributed by atoms with van der Waals surface area (Å²) in [4.78, 5) is 26.2. The van der Waals surface area contributed by atoms with Crippen molar-refractivity contribution in [1.82, 2.24) is 10.6 Å². The van der Waals surface area contributed by atoms with Crippen LogP contribution in [0, 0.1) is 39.9 Å². The molecule has 0 radical (unpaired) electrons. The van der Waals surface area contributed by atoms with Gasteiger partial charge in [-0.15, -0.1) is 0 Å². The van der Waals surface area contributed by atoms with Crippen molar-refractivity contribution in [1.29, 1.82) is 0 Å². The summed E-state index contributed by atoms with van der Waals surface area (Å²) in [5.41, 5.74) is -6.95. The minimum Gasteiger partial charge on any atom is -0.450 e. The molecule has 0 aromatic carbocycles. The number of aliphatic hydroxyl groups is 5. The molecule has 45 heavy (non-hydrogen) atoms. The molecule has 6 rings (SSSR count). The Labute approximate surface area is 266 Å². The summed E-state index contributed by atoms with van der Waals surface area (Å²) in [5.74, 6) is -1.81. The van der Waals surface area contributed by atoms with Gasteiger partial charge in [0.2, 0.25) is 0 Å². The number of aldehydes is 1. The van der Waals surface area contributed by atoms with E-state index in [0.717, 1.165) is 24.8 Å². The van der Waals surface area contributed by atoms with E-state index >= 15 is 0 Å². The third-order valence-corrected chi connectivity index (χ3v) is 13.9. The van der Waals surface area contributed by atoms with Gasteiger partial charge in [0.1, 0.15) is 18.0 Å². The van der Waals surface area contributed by atoms with Gasteiger partial charge in [0.05, 0.1) is 29.3 Å². The molecule has 6 aliphatic rings. The number of hydrogen-bond donors (Lipinski definition) is 7. The van der Waals surface area contributed by atoms with Crippen LogP contribution in [0.1, 0.15) is 78.6 Å². The summed E-state index contributed by atoms with van der Waals surface area (Å²) in [6.45, 7) is 7.72. The molecule has 1 aliphatic heterocycles. The third-order valence-electron chi connectivity index (χ3n) is 13.9. The van der Waals surface area contributed by atoms with Crippen LogP contribution >= 0.6 is 0 Å². The summed E-state index contributed by atoms with van der Waals surface area (Å²) in [6.07, 6.45) is 5.88. The molecule has 5 aliphatic carbocycles. The molecule has 1 heterocycles. The van der Waals surface area contributed by atoms with E-state index in [-0.39, 0.29) is 32.3 Å². The number of carbonyl (C=O) groups is 2. The van der Waals surface area contributed by atoms with Crippen LogP contribution in [0.3, 0.4) is 0 Å². The van der Waals surface area contributed by atoms with Crippen molar-refractivity contribution in [3.05, 3.63) is 23.3 Å². The van der Waals surface area contributed by atoms with Gasteiger partial charge < -0.3 is 45.7 Å². The zero-order valence-electron chi connectivity index (χ0n) is 27.3. The molecule has 4 fully saturated rings. The highest BCUT2D eigenvalue weighted by Crippen LogP contribution is 2.78. The average Bonchev–Trinajstić information content (AvgIpc) is 3.47. The summed E-state index contributed by atoms with van der Waals surface area (Å²) in [7, 11) is 1.88. The number of allylic oxidation sites excluding steroid dienone is 1. The second-order valence-electron chi connectivity index (χ2n) is 15.9. The van der Waals surface area contributed by atoms with Gasteiger partial charge in [0.25, 0.3) is 0 Å². The SMILES string of the molecule is CNCCNCC1=C[C@H]2C[C@@]3(O)[C@](C)(CC[C@H]4[C@@]3(O)C[C@@H](CCC(C)C)[C@]3(O)C[C@@H](O)CC[C@]43C=O)[C@@]2(CO)C2=CC(=O)O[C@@H]12. The van der Waals surface area contributed by atoms with E-state index in [1.165, 1.54) is 6.08 Å². The lowest BCUT2D eigenvalue weighted by Gasteiger charge is -2.71. The molecule has 11 atom stereocenters. The van der Waals surface area contributed by atoms with Crippen molar-refractivity contribution < 1.29 is 39.9 Å². The van der Waals surface area contributed by atoms with Gasteiger partial charge in [-0.2, -0.15) is 0 Å². The van der Waals surface area contributed by atoms with Gasteiger partial charge in [-0.05, 0) is 80.9 Å². The molecule has 0 bridgehead atoms. The van der Waals surface area contributed by atoms with Crippen LogP contribution in [0.5, 0.6) is 0 Å². The van der Waals surface area contributed by atoms with E-state index in [1.54, 1.807) is 0 Å². The summed E-state index contributed by atoms with van der Waals surface area (Å²) in [6, 6.07) is 0. The number of rotatable bonds is 10. The number of fused-ring (bicyclic) bond motifs is 9. The summed E-state index contributed by atoms with van der Waals surface area (Å²) in [5, 5.41) is 67.7. The number of nitrogens with one attached hydrogen (secondary N) is 2. The quantitative estimate of drug-likeness (QED) is 0.0811. The number of aliphatic hydroxyl groups excluding tert-OH is 2. The van der Waals surface area contributed by atoms with Crippen LogP contribution in [-0.2, 0) is 14.3 Å². The number of hydrogen-bond acceptors (Lipinski definition) is 10. The van der Waals surface area contributed by atoms with E-state index in [2.05, 4.69) is 24.5 Å². The fourth-order valence-corrected chi connectivity index (χ4v) is 11.6. The first-order valence-corrected chi connectivity index (χ1v) is 17.1. The van der Waals surface area contributed by atoms with E-state index in [4.69, 9.17) is 4.74 Å². The van der Waals surface area contributed by atoms with Crippen molar-refractivity contribution >= 4 is 12.3 Å². The van der Waals surface area contributed by atoms with Gasteiger partial charge in [-0.1, -0.05) is 33.3 Å². The molecule has 0 amide bonds. The Morgan fingerprint density at radius 2 is 1.84 bits per heavy atom. The molecule has 0 aromatic rings. The minimum atomic E-state index is -1.75. The molecule has 10 nitrogen and oxygen atoms in total. The van der Waals surface area contributed by atoms with E-state index in [1.807, 2.05) is 20.0 Å². The number of ether oxygens (including phenoxy) is 1. The van der Waals surface area contributed by atoms with Crippen LogP contribution in [-0.4, -0.2) is 100 Å². The topological polar surface area (TPSA) is 169 Å². The van der Waals surface area contributed by atoms with Crippen molar-refractivity contribution in [2.45, 2.75) is 108 Å². The standard InChI is InChI=1S/C35H54N2O8/c1-21(2)5-6-23-15-34(43)27(31(19-38)10-7-25(40)17-33(23,31)42)8-9-30(3)32(20-39)24(16-35(30,34)44)13-22(18-37-12-11-36-4)29-26(32)14-28(41)45-29/h13-14,19,21,23-25,27,29,36-37,39-40,42-44H,5-12,15-18,20H2,1-4H3/t23-,24+,25+,27-,29+,30-,31+,32-,33-,34+,35-/m1/s1. The van der Waals surface area contributed by atoms with Crippen molar-refractivity contribution in [3.8, 4) is 0 Å². The Bertz CT molecular complexity index is 1270. The number of esters is 1. The Morgan fingerprint density at radius 1 is 1.09 bits per heavy atom. The fourth-order valence-electron chi connectivity index (χ4n) is 11.6. The molecule has 0 saturated heterocycles. The zero-order chi connectivity index (χ0) is 32.6. The van der Waals surface area contributed by atoms with Crippen LogP contribution in [0.25, 0.3) is 0 Å². The predicted molar refractivity (Wildman–Crippen MR) is 167 cm³/mol. The molecule has 0 unspecified atom stereocenters. The molecule has 4 saturated carbocycles. The van der Waals surface area contributed by atoms with E-state index in [9.17, 15) is 35.1 Å². The average molecular weight is 631 g/mol. The fraction of sp³-hybridized carbons (Fsp3) is 0.829. The van der Waals surface area contributed by atoms with Crippen LogP contribution in [0.2, 0.25) is 0 Å².